The minimum absolute atomic E-state index is 0.0578. The van der Waals surface area contributed by atoms with Gasteiger partial charge in [0.15, 0.2) is 0 Å². The van der Waals surface area contributed by atoms with Gasteiger partial charge in [-0.2, -0.15) is 0 Å². The maximum Gasteiger partial charge on any atom is 0.228 e. The number of benzene rings is 1. The highest BCUT2D eigenvalue weighted by atomic mass is 16.3. The van der Waals surface area contributed by atoms with Gasteiger partial charge in [0.2, 0.25) is 5.91 Å². The Morgan fingerprint density at radius 2 is 2.25 bits per heavy atom. The second kappa shape index (κ2) is 6.12. The minimum Gasteiger partial charge on any atom is -0.508 e. The van der Waals surface area contributed by atoms with Gasteiger partial charge in [0.1, 0.15) is 5.75 Å². The molecule has 0 fully saturated rings. The van der Waals surface area contributed by atoms with Gasteiger partial charge < -0.3 is 15.3 Å². The molecular weight excluding hydrogens is 204 g/mol. The number of anilines is 1. The molecule has 1 aromatic carbocycles. The van der Waals surface area contributed by atoms with E-state index in [1.807, 2.05) is 20.0 Å². The molecule has 0 aliphatic carbocycles. The van der Waals surface area contributed by atoms with E-state index in [0.717, 1.165) is 5.69 Å². The van der Waals surface area contributed by atoms with Gasteiger partial charge in [-0.3, -0.25) is 4.79 Å². The summed E-state index contributed by atoms with van der Waals surface area (Å²) in [6.45, 7) is 3.18. The number of carbonyl (C=O) groups is 1. The van der Waals surface area contributed by atoms with Gasteiger partial charge in [0.05, 0.1) is 0 Å². The minimum atomic E-state index is 0.0578. The van der Waals surface area contributed by atoms with Crippen LogP contribution in [0.4, 0.5) is 5.69 Å². The van der Waals surface area contributed by atoms with Gasteiger partial charge in [-0.25, -0.2) is 0 Å². The van der Waals surface area contributed by atoms with Crippen LogP contribution in [0.2, 0.25) is 0 Å². The Labute approximate surface area is 95.9 Å². The number of phenols is 1. The van der Waals surface area contributed by atoms with E-state index >= 15 is 0 Å². The van der Waals surface area contributed by atoms with Crippen LogP contribution < -0.4 is 10.2 Å². The smallest absolute Gasteiger partial charge is 0.228 e. The first kappa shape index (κ1) is 12.5. The molecule has 0 heterocycles. The van der Waals surface area contributed by atoms with Crippen LogP contribution >= 0.6 is 0 Å². The fourth-order valence-electron chi connectivity index (χ4n) is 1.53. The van der Waals surface area contributed by atoms with Crippen molar-refractivity contribution in [1.29, 1.82) is 0 Å². The highest BCUT2D eigenvalue weighted by Crippen LogP contribution is 2.20. The van der Waals surface area contributed by atoms with E-state index in [-0.39, 0.29) is 11.7 Å². The van der Waals surface area contributed by atoms with Crippen LogP contribution in [0.25, 0.3) is 0 Å². The Morgan fingerprint density at radius 1 is 1.50 bits per heavy atom. The highest BCUT2D eigenvalue weighted by molar-refractivity contribution is 5.93. The van der Waals surface area contributed by atoms with E-state index in [2.05, 4.69) is 5.32 Å². The van der Waals surface area contributed by atoms with Gasteiger partial charge in [-0.05, 0) is 26.1 Å². The second-order valence-corrected chi connectivity index (χ2v) is 3.51. The zero-order valence-corrected chi connectivity index (χ0v) is 9.73. The normalized spacial score (nSPS) is 10.1. The SMILES string of the molecule is CCN(C(=O)CCNC)c1cccc(O)c1. The topological polar surface area (TPSA) is 52.6 Å². The van der Waals surface area contributed by atoms with Crippen LogP contribution in [0.1, 0.15) is 13.3 Å². The number of nitrogens with one attached hydrogen (secondary N) is 1. The van der Waals surface area contributed by atoms with Crippen molar-refractivity contribution in [3.05, 3.63) is 24.3 Å². The van der Waals surface area contributed by atoms with Crippen LogP contribution in [-0.2, 0) is 4.79 Å². The maximum atomic E-state index is 11.8. The van der Waals surface area contributed by atoms with Crippen molar-refractivity contribution in [3.8, 4) is 5.75 Å². The van der Waals surface area contributed by atoms with Crippen LogP contribution in [0.15, 0.2) is 24.3 Å². The molecule has 0 aliphatic heterocycles. The summed E-state index contributed by atoms with van der Waals surface area (Å²) in [5.74, 6) is 0.236. The predicted octanol–water partition coefficient (Wildman–Crippen LogP) is 1.35. The van der Waals surface area contributed by atoms with Crippen molar-refractivity contribution < 1.29 is 9.90 Å². The van der Waals surface area contributed by atoms with Crippen LogP contribution in [0, 0.1) is 0 Å². The van der Waals surface area contributed by atoms with Crippen LogP contribution in [0.3, 0.4) is 0 Å². The van der Waals surface area contributed by atoms with Crippen molar-refractivity contribution in [2.24, 2.45) is 0 Å². The molecule has 4 heteroatoms. The summed E-state index contributed by atoms with van der Waals surface area (Å²) in [6, 6.07) is 6.75. The molecule has 1 amide bonds. The summed E-state index contributed by atoms with van der Waals surface area (Å²) >= 11 is 0. The predicted molar refractivity (Wildman–Crippen MR) is 64.7 cm³/mol. The molecule has 0 unspecified atom stereocenters. The molecule has 0 atom stereocenters. The molecule has 0 radical (unpaired) electrons. The van der Waals surface area contributed by atoms with Crippen molar-refractivity contribution in [2.45, 2.75) is 13.3 Å². The molecule has 0 spiro atoms. The average molecular weight is 222 g/mol. The monoisotopic (exact) mass is 222 g/mol. The molecule has 2 N–H and O–H groups in total. The van der Waals surface area contributed by atoms with Crippen molar-refractivity contribution in [1.82, 2.24) is 5.32 Å². The van der Waals surface area contributed by atoms with Gasteiger partial charge >= 0.3 is 0 Å². The standard InChI is InChI=1S/C12H18N2O2/c1-3-14(12(16)7-8-13-2)10-5-4-6-11(15)9-10/h4-6,9,13,15H,3,7-8H2,1-2H3. The fourth-order valence-corrected chi connectivity index (χ4v) is 1.53. The first-order valence-electron chi connectivity index (χ1n) is 5.43. The number of nitrogens with zero attached hydrogens (tertiary/aromatic N) is 1. The summed E-state index contributed by atoms with van der Waals surface area (Å²) in [7, 11) is 1.82. The largest absolute Gasteiger partial charge is 0.508 e. The summed E-state index contributed by atoms with van der Waals surface area (Å²) < 4.78 is 0. The van der Waals surface area contributed by atoms with E-state index in [0.29, 0.717) is 19.5 Å². The van der Waals surface area contributed by atoms with Crippen molar-refractivity contribution >= 4 is 11.6 Å². The maximum absolute atomic E-state index is 11.8. The Balaban J connectivity index is 2.77. The molecule has 4 nitrogen and oxygen atoms in total. The number of hydrogen-bond acceptors (Lipinski definition) is 3. The number of phenolic OH excluding ortho intramolecular Hbond substituents is 1. The number of rotatable bonds is 5. The van der Waals surface area contributed by atoms with E-state index in [1.165, 1.54) is 0 Å². The first-order chi connectivity index (χ1) is 7.69. The number of aromatic hydroxyl groups is 1. The van der Waals surface area contributed by atoms with Gasteiger partial charge in [0.25, 0.3) is 0 Å². The molecule has 0 aliphatic rings. The van der Waals surface area contributed by atoms with E-state index in [4.69, 9.17) is 0 Å². The number of carbonyl (C=O) groups excluding carboxylic acids is 1. The van der Waals surface area contributed by atoms with Gasteiger partial charge in [-0.15, -0.1) is 0 Å². The zero-order valence-electron chi connectivity index (χ0n) is 9.73. The van der Waals surface area contributed by atoms with Crippen molar-refractivity contribution in [3.63, 3.8) is 0 Å². The molecule has 1 aromatic rings. The first-order valence-corrected chi connectivity index (χ1v) is 5.43. The molecule has 1 rings (SSSR count). The highest BCUT2D eigenvalue weighted by Gasteiger charge is 2.13. The lowest BCUT2D eigenvalue weighted by Gasteiger charge is -2.21. The summed E-state index contributed by atoms with van der Waals surface area (Å²) in [5, 5.41) is 12.3. The molecule has 0 saturated heterocycles. The third kappa shape index (κ3) is 3.24. The lowest BCUT2D eigenvalue weighted by atomic mass is 10.2. The molecule has 0 bridgehead atoms. The third-order valence-corrected chi connectivity index (χ3v) is 2.35. The van der Waals surface area contributed by atoms with Gasteiger partial charge in [-0.1, -0.05) is 6.07 Å². The Bertz CT molecular complexity index is 353. The Hall–Kier alpha value is -1.55. The summed E-state index contributed by atoms with van der Waals surface area (Å²) in [6.07, 6.45) is 0.458. The quantitative estimate of drug-likeness (QED) is 0.790. The Morgan fingerprint density at radius 3 is 2.81 bits per heavy atom. The van der Waals surface area contributed by atoms with E-state index < -0.39 is 0 Å². The third-order valence-electron chi connectivity index (χ3n) is 2.35. The summed E-state index contributed by atoms with van der Waals surface area (Å²) in [4.78, 5) is 13.5. The van der Waals surface area contributed by atoms with Crippen molar-refractivity contribution in [2.75, 3.05) is 25.0 Å². The van der Waals surface area contributed by atoms with Crippen LogP contribution in [-0.4, -0.2) is 31.2 Å². The second-order valence-electron chi connectivity index (χ2n) is 3.51. The lowest BCUT2D eigenvalue weighted by Crippen LogP contribution is -2.32. The number of amides is 1. The molecule has 16 heavy (non-hydrogen) atoms. The molecular formula is C12H18N2O2. The van der Waals surface area contributed by atoms with E-state index in [1.54, 1.807) is 23.1 Å². The Kier molecular flexibility index (Phi) is 4.79. The zero-order chi connectivity index (χ0) is 12.0. The van der Waals surface area contributed by atoms with Gasteiger partial charge in [0, 0.05) is 31.3 Å². The number of hydrogen-bond donors (Lipinski definition) is 2. The molecule has 0 saturated carbocycles. The average Bonchev–Trinajstić information content (AvgIpc) is 2.27. The lowest BCUT2D eigenvalue weighted by molar-refractivity contribution is -0.118. The summed E-state index contributed by atoms with van der Waals surface area (Å²) in [5.41, 5.74) is 0.739. The molecule has 0 aromatic heterocycles. The van der Waals surface area contributed by atoms with E-state index in [9.17, 15) is 9.90 Å². The fraction of sp³-hybridized carbons (Fsp3) is 0.417. The van der Waals surface area contributed by atoms with Crippen LogP contribution in [0.5, 0.6) is 5.75 Å². The molecule has 88 valence electrons.